The molecule has 0 radical (unpaired) electrons. The molecule has 0 unspecified atom stereocenters. The minimum atomic E-state index is -2.58. The van der Waals surface area contributed by atoms with E-state index in [1.54, 1.807) is 0 Å². The predicted octanol–water partition coefficient (Wildman–Crippen LogP) is 5.35. The van der Waals surface area contributed by atoms with Crippen molar-refractivity contribution in [1.82, 2.24) is 0 Å². The molecular formula is C27H36O2Si. The second kappa shape index (κ2) is 8.43. The zero-order valence-corrected chi connectivity index (χ0v) is 19.9. The number of benzene rings is 2. The Labute approximate surface area is 183 Å². The van der Waals surface area contributed by atoms with Crippen molar-refractivity contribution in [3.8, 4) is 0 Å². The molecule has 0 heterocycles. The molecule has 30 heavy (non-hydrogen) atoms. The van der Waals surface area contributed by atoms with E-state index in [0.717, 1.165) is 32.1 Å². The molecule has 0 aliphatic heterocycles. The van der Waals surface area contributed by atoms with Crippen LogP contribution in [0.3, 0.4) is 0 Å². The number of rotatable bonds is 4. The Morgan fingerprint density at radius 2 is 1.43 bits per heavy atom. The number of carbonyl (C=O) groups excluding carboxylic acids is 1. The largest absolute Gasteiger partial charge is 0.404 e. The van der Waals surface area contributed by atoms with Crippen LogP contribution in [0.1, 0.15) is 59.8 Å². The molecule has 2 aliphatic carbocycles. The van der Waals surface area contributed by atoms with Gasteiger partial charge in [-0.05, 0) is 52.9 Å². The highest BCUT2D eigenvalue weighted by atomic mass is 28.4. The third kappa shape index (κ3) is 3.71. The normalized spacial score (nSPS) is 27.5. The van der Waals surface area contributed by atoms with E-state index >= 15 is 0 Å². The Hall–Kier alpha value is -1.71. The van der Waals surface area contributed by atoms with Crippen LogP contribution in [0.25, 0.3) is 0 Å². The van der Waals surface area contributed by atoms with Gasteiger partial charge in [-0.15, -0.1) is 0 Å². The maximum atomic E-state index is 12.8. The van der Waals surface area contributed by atoms with Crippen molar-refractivity contribution in [1.29, 1.82) is 0 Å². The smallest absolute Gasteiger partial charge is 0.261 e. The number of fused-ring (bicyclic) bond motifs is 1. The molecule has 0 bridgehead atoms. The van der Waals surface area contributed by atoms with Gasteiger partial charge in [-0.1, -0.05) is 88.4 Å². The van der Waals surface area contributed by atoms with Crippen LogP contribution in [-0.2, 0) is 9.22 Å². The topological polar surface area (TPSA) is 26.3 Å². The molecule has 2 saturated carbocycles. The highest BCUT2D eigenvalue weighted by molar-refractivity contribution is 6.99. The summed E-state index contributed by atoms with van der Waals surface area (Å²) in [5.74, 6) is 1.60. The average Bonchev–Trinajstić information content (AvgIpc) is 3.04. The maximum absolute atomic E-state index is 12.8. The van der Waals surface area contributed by atoms with E-state index in [-0.39, 0.29) is 17.1 Å². The lowest BCUT2D eigenvalue weighted by Gasteiger charge is -2.47. The lowest BCUT2D eigenvalue weighted by atomic mass is 9.84. The third-order valence-electron chi connectivity index (χ3n) is 7.55. The second-order valence-electron chi connectivity index (χ2n) is 10.4. The third-order valence-corrected chi connectivity index (χ3v) is 12.6. The molecule has 4 atom stereocenters. The first-order chi connectivity index (χ1) is 14.3. The zero-order chi connectivity index (χ0) is 21.4. The van der Waals surface area contributed by atoms with Crippen molar-refractivity contribution < 1.29 is 9.22 Å². The van der Waals surface area contributed by atoms with Crippen LogP contribution in [0, 0.1) is 17.8 Å². The van der Waals surface area contributed by atoms with E-state index in [1.807, 2.05) is 0 Å². The standard InChI is InChI=1S/C27H36O2Si/c1-20-18-19-23-24(28)16-11-17-25(26(20)23)29-30(27(2,3)4,21-12-7-5-8-13-21)22-14-9-6-10-15-22/h5-10,12-15,20,23,25-26H,11,16-19H2,1-4H3/t20-,23+,25-,26+/m1/s1. The number of hydrogen-bond donors (Lipinski definition) is 0. The molecule has 4 rings (SSSR count). The molecule has 0 saturated heterocycles. The molecule has 160 valence electrons. The Bertz CT molecular complexity index is 816. The summed E-state index contributed by atoms with van der Waals surface area (Å²) in [5.41, 5.74) is 0. The molecule has 2 aromatic carbocycles. The van der Waals surface area contributed by atoms with E-state index in [4.69, 9.17) is 4.43 Å². The fourth-order valence-corrected chi connectivity index (χ4v) is 10.9. The van der Waals surface area contributed by atoms with Crippen LogP contribution in [0.2, 0.25) is 5.04 Å². The van der Waals surface area contributed by atoms with Gasteiger partial charge in [0.25, 0.3) is 8.32 Å². The first kappa shape index (κ1) is 21.5. The second-order valence-corrected chi connectivity index (χ2v) is 14.7. The van der Waals surface area contributed by atoms with E-state index in [9.17, 15) is 4.79 Å². The number of ketones is 1. The fraction of sp³-hybridized carbons (Fsp3) is 0.519. The number of hydrogen-bond acceptors (Lipinski definition) is 2. The van der Waals surface area contributed by atoms with Crippen LogP contribution in [0.15, 0.2) is 60.7 Å². The van der Waals surface area contributed by atoms with Crippen molar-refractivity contribution in [3.05, 3.63) is 60.7 Å². The molecule has 0 aromatic heterocycles. The maximum Gasteiger partial charge on any atom is 0.261 e. The molecule has 2 fully saturated rings. The van der Waals surface area contributed by atoms with Gasteiger partial charge in [0.05, 0.1) is 0 Å². The Morgan fingerprint density at radius 3 is 1.97 bits per heavy atom. The summed E-state index contributed by atoms with van der Waals surface area (Å²) in [7, 11) is -2.58. The molecular weight excluding hydrogens is 384 g/mol. The van der Waals surface area contributed by atoms with Crippen molar-refractivity contribution in [3.63, 3.8) is 0 Å². The van der Waals surface area contributed by atoms with Gasteiger partial charge >= 0.3 is 0 Å². The van der Waals surface area contributed by atoms with Gasteiger partial charge in [0.2, 0.25) is 0 Å². The lowest BCUT2D eigenvalue weighted by molar-refractivity contribution is -0.124. The summed E-state index contributed by atoms with van der Waals surface area (Å²) >= 11 is 0. The van der Waals surface area contributed by atoms with Gasteiger partial charge in [0, 0.05) is 18.4 Å². The lowest BCUT2D eigenvalue weighted by Crippen LogP contribution is -2.68. The van der Waals surface area contributed by atoms with Gasteiger partial charge in [-0.2, -0.15) is 0 Å². The van der Waals surface area contributed by atoms with Crippen LogP contribution in [0.4, 0.5) is 0 Å². The average molecular weight is 421 g/mol. The monoisotopic (exact) mass is 420 g/mol. The molecule has 2 aromatic rings. The molecule has 2 nitrogen and oxygen atoms in total. The Balaban J connectivity index is 1.85. The fourth-order valence-electron chi connectivity index (χ4n) is 6.14. The van der Waals surface area contributed by atoms with Crippen LogP contribution in [-0.4, -0.2) is 20.2 Å². The highest BCUT2D eigenvalue weighted by Crippen LogP contribution is 2.47. The number of carbonyl (C=O) groups is 1. The van der Waals surface area contributed by atoms with Gasteiger partial charge in [-0.25, -0.2) is 0 Å². The summed E-state index contributed by atoms with van der Waals surface area (Å²) < 4.78 is 7.51. The molecule has 3 heteroatoms. The Kier molecular flexibility index (Phi) is 6.05. The minimum absolute atomic E-state index is 0.0244. The van der Waals surface area contributed by atoms with Gasteiger partial charge in [-0.3, -0.25) is 4.79 Å². The van der Waals surface area contributed by atoms with E-state index < -0.39 is 8.32 Å². The Morgan fingerprint density at radius 1 is 0.867 bits per heavy atom. The molecule has 0 amide bonds. The summed E-state index contributed by atoms with van der Waals surface area (Å²) in [4.78, 5) is 12.8. The van der Waals surface area contributed by atoms with Crippen LogP contribution < -0.4 is 10.4 Å². The summed E-state index contributed by atoms with van der Waals surface area (Å²) in [6.07, 6.45) is 5.05. The minimum Gasteiger partial charge on any atom is -0.404 e. The van der Waals surface area contributed by atoms with E-state index in [2.05, 4.69) is 88.4 Å². The van der Waals surface area contributed by atoms with Crippen molar-refractivity contribution in [2.24, 2.45) is 17.8 Å². The SMILES string of the molecule is C[C@@H]1CC[C@H]2C(=O)CCC[C@@H](O[Si](c3ccccc3)(c3ccccc3)C(C)(C)C)[C@@H]12. The highest BCUT2D eigenvalue weighted by Gasteiger charge is 2.54. The van der Waals surface area contributed by atoms with Crippen LogP contribution in [0.5, 0.6) is 0 Å². The summed E-state index contributed by atoms with van der Waals surface area (Å²) in [6.45, 7) is 9.37. The van der Waals surface area contributed by atoms with Crippen molar-refractivity contribution in [2.45, 2.75) is 70.9 Å². The van der Waals surface area contributed by atoms with Crippen molar-refractivity contribution >= 4 is 24.5 Å². The molecule has 2 aliphatic rings. The summed E-state index contributed by atoms with van der Waals surface area (Å²) in [6, 6.07) is 21.8. The zero-order valence-electron chi connectivity index (χ0n) is 18.9. The predicted molar refractivity (Wildman–Crippen MR) is 127 cm³/mol. The molecule has 0 N–H and O–H groups in total. The summed E-state index contributed by atoms with van der Waals surface area (Å²) in [5, 5.41) is 2.64. The van der Waals surface area contributed by atoms with Crippen molar-refractivity contribution in [2.75, 3.05) is 0 Å². The first-order valence-corrected chi connectivity index (χ1v) is 13.6. The molecule has 0 spiro atoms. The van der Waals surface area contributed by atoms with Gasteiger partial charge in [0.15, 0.2) is 0 Å². The quantitative estimate of drug-likeness (QED) is 0.624. The number of Topliss-reactive ketones (excluding diaryl/α,β-unsaturated/α-hetero) is 1. The van der Waals surface area contributed by atoms with Crippen LogP contribution >= 0.6 is 0 Å². The van der Waals surface area contributed by atoms with E-state index in [1.165, 1.54) is 10.4 Å². The van der Waals surface area contributed by atoms with Gasteiger partial charge < -0.3 is 4.43 Å². The van der Waals surface area contributed by atoms with Gasteiger partial charge in [0.1, 0.15) is 5.78 Å². The first-order valence-electron chi connectivity index (χ1n) is 11.7. The van der Waals surface area contributed by atoms with E-state index in [0.29, 0.717) is 17.6 Å².